The van der Waals surface area contributed by atoms with Gasteiger partial charge in [0.2, 0.25) is 15.9 Å². The van der Waals surface area contributed by atoms with Crippen molar-refractivity contribution in [2.45, 2.75) is 50.1 Å². The zero-order valence-electron chi connectivity index (χ0n) is 17.7. The van der Waals surface area contributed by atoms with Crippen LogP contribution in [0.15, 0.2) is 53.4 Å². The predicted octanol–water partition coefficient (Wildman–Crippen LogP) is 2.96. The van der Waals surface area contributed by atoms with E-state index >= 15 is 0 Å². The van der Waals surface area contributed by atoms with E-state index in [1.165, 1.54) is 22.9 Å². The van der Waals surface area contributed by atoms with Crippen molar-refractivity contribution >= 4 is 21.6 Å². The molecule has 7 nitrogen and oxygen atoms in total. The van der Waals surface area contributed by atoms with Crippen molar-refractivity contribution in [2.24, 2.45) is 0 Å². The number of carbonyl (C=O) groups is 1. The van der Waals surface area contributed by atoms with Crippen molar-refractivity contribution in [1.29, 1.82) is 0 Å². The molecule has 0 aliphatic carbocycles. The molecule has 0 aromatic heterocycles. The Bertz CT molecular complexity index is 979. The van der Waals surface area contributed by atoms with E-state index in [1.54, 1.807) is 26.1 Å². The molecule has 0 spiro atoms. The number of benzene rings is 2. The summed E-state index contributed by atoms with van der Waals surface area (Å²) < 4.78 is 27.5. The van der Waals surface area contributed by atoms with Crippen LogP contribution in [0.4, 0.5) is 5.69 Å². The quantitative estimate of drug-likeness (QED) is 0.599. The van der Waals surface area contributed by atoms with Crippen molar-refractivity contribution < 1.29 is 13.2 Å². The van der Waals surface area contributed by atoms with Crippen LogP contribution in [0.5, 0.6) is 0 Å². The Hall–Kier alpha value is -2.26. The van der Waals surface area contributed by atoms with E-state index < -0.39 is 10.0 Å². The van der Waals surface area contributed by atoms with Gasteiger partial charge in [0, 0.05) is 38.3 Å². The molecule has 3 rings (SSSR count). The Morgan fingerprint density at radius 1 is 1.17 bits per heavy atom. The molecule has 2 unspecified atom stereocenters. The lowest BCUT2D eigenvalue weighted by Gasteiger charge is -2.20. The van der Waals surface area contributed by atoms with E-state index in [-0.39, 0.29) is 16.8 Å². The maximum absolute atomic E-state index is 13.0. The average molecular weight is 431 g/mol. The molecule has 30 heavy (non-hydrogen) atoms. The molecule has 1 amide bonds. The Balaban J connectivity index is 1.56. The minimum atomic E-state index is -3.63. The normalized spacial score (nSPS) is 19.2. The van der Waals surface area contributed by atoms with Crippen LogP contribution in [0, 0.1) is 6.92 Å². The molecule has 162 valence electrons. The van der Waals surface area contributed by atoms with E-state index in [4.69, 9.17) is 0 Å². The van der Waals surface area contributed by atoms with Crippen molar-refractivity contribution in [2.75, 3.05) is 18.9 Å². The van der Waals surface area contributed by atoms with Crippen LogP contribution >= 0.6 is 0 Å². The number of rotatable bonds is 8. The first-order valence-electron chi connectivity index (χ1n) is 10.2. The number of sulfonamides is 1. The number of carbonyl (C=O) groups excluding carboxylic acids is 1. The van der Waals surface area contributed by atoms with Gasteiger partial charge in [-0.15, -0.1) is 0 Å². The second kappa shape index (κ2) is 9.70. The third-order valence-electron chi connectivity index (χ3n) is 5.41. The Morgan fingerprint density at radius 2 is 1.90 bits per heavy atom. The maximum Gasteiger partial charge on any atom is 0.243 e. The highest BCUT2D eigenvalue weighted by molar-refractivity contribution is 7.89. The van der Waals surface area contributed by atoms with Gasteiger partial charge in [0.05, 0.1) is 4.90 Å². The summed E-state index contributed by atoms with van der Waals surface area (Å²) in [6, 6.07) is 15.8. The van der Waals surface area contributed by atoms with Crippen LogP contribution in [0.1, 0.15) is 43.4 Å². The molecular weight excluding hydrogens is 400 g/mol. The summed E-state index contributed by atoms with van der Waals surface area (Å²) in [5.41, 5.74) is 9.04. The third-order valence-corrected chi connectivity index (χ3v) is 7.41. The van der Waals surface area contributed by atoms with Crippen molar-refractivity contribution in [3.63, 3.8) is 0 Å². The highest BCUT2D eigenvalue weighted by Gasteiger charge is 2.26. The average Bonchev–Trinajstić information content (AvgIpc) is 3.18. The lowest BCUT2D eigenvalue weighted by atomic mass is 10.00. The van der Waals surface area contributed by atoms with Gasteiger partial charge in [-0.05, 0) is 49.4 Å². The smallest absolute Gasteiger partial charge is 0.243 e. The highest BCUT2D eigenvalue weighted by Crippen LogP contribution is 2.25. The summed E-state index contributed by atoms with van der Waals surface area (Å²) in [6.07, 6.45) is 2.60. The van der Waals surface area contributed by atoms with Gasteiger partial charge in [-0.1, -0.05) is 36.4 Å². The van der Waals surface area contributed by atoms with Gasteiger partial charge in [-0.25, -0.2) is 12.7 Å². The van der Waals surface area contributed by atoms with E-state index in [0.717, 1.165) is 19.3 Å². The molecule has 2 aromatic rings. The zero-order chi connectivity index (χ0) is 21.7. The van der Waals surface area contributed by atoms with Gasteiger partial charge in [0.15, 0.2) is 0 Å². The van der Waals surface area contributed by atoms with Gasteiger partial charge in [-0.2, -0.15) is 0 Å². The molecule has 1 aliphatic rings. The lowest BCUT2D eigenvalue weighted by molar-refractivity contribution is -0.114. The monoisotopic (exact) mass is 430 g/mol. The summed E-state index contributed by atoms with van der Waals surface area (Å²) in [6.45, 7) is 3.59. The Labute approximate surface area is 178 Å². The number of hydrogen-bond acceptors (Lipinski definition) is 5. The topological polar surface area (TPSA) is 90.5 Å². The largest absolute Gasteiger partial charge is 0.326 e. The molecule has 3 N–H and O–H groups in total. The molecule has 1 heterocycles. The first-order chi connectivity index (χ1) is 14.3. The summed E-state index contributed by atoms with van der Waals surface area (Å²) in [7, 11) is -2.03. The first-order valence-corrected chi connectivity index (χ1v) is 11.6. The van der Waals surface area contributed by atoms with E-state index in [9.17, 15) is 13.2 Å². The van der Waals surface area contributed by atoms with E-state index in [2.05, 4.69) is 28.3 Å². The molecule has 2 atom stereocenters. The summed E-state index contributed by atoms with van der Waals surface area (Å²) in [4.78, 5) is 11.5. The number of hydrazine groups is 1. The first kappa shape index (κ1) is 22.4. The molecule has 0 radical (unpaired) electrons. The molecule has 1 fully saturated rings. The second-order valence-electron chi connectivity index (χ2n) is 7.81. The van der Waals surface area contributed by atoms with Gasteiger partial charge in [0.25, 0.3) is 0 Å². The molecule has 1 saturated heterocycles. The summed E-state index contributed by atoms with van der Waals surface area (Å²) in [5.74, 6) is -0.234. The molecule has 2 aromatic carbocycles. The van der Waals surface area contributed by atoms with Crippen LogP contribution in [0.25, 0.3) is 0 Å². The SMILES string of the molecule is CC(=O)Nc1ccc(C)c(S(=O)(=O)N(C)CCCC2CC(c3ccccc3)NN2)c1. The standard InChI is InChI=1S/C22H30N4O3S/c1-16-11-12-19(23-17(2)27)15-22(16)30(28,29)26(3)13-7-10-20-14-21(25-24-20)18-8-5-4-6-9-18/h4-6,8-9,11-12,15,20-21,24-25H,7,10,13-14H2,1-3H3,(H,23,27). The maximum atomic E-state index is 13.0. The van der Waals surface area contributed by atoms with Crippen LogP contribution in [0.2, 0.25) is 0 Å². The molecule has 1 aliphatic heterocycles. The molecule has 0 bridgehead atoms. The zero-order valence-corrected chi connectivity index (χ0v) is 18.5. The Morgan fingerprint density at radius 3 is 2.60 bits per heavy atom. The van der Waals surface area contributed by atoms with Crippen LogP contribution in [0.3, 0.4) is 0 Å². The third kappa shape index (κ3) is 5.46. The van der Waals surface area contributed by atoms with Crippen LogP contribution in [-0.4, -0.2) is 38.3 Å². The fourth-order valence-corrected chi connectivity index (χ4v) is 5.18. The molecule has 0 saturated carbocycles. The molecule has 8 heteroatoms. The fourth-order valence-electron chi connectivity index (χ4n) is 3.72. The minimum absolute atomic E-state index is 0.223. The van der Waals surface area contributed by atoms with Gasteiger partial charge >= 0.3 is 0 Å². The second-order valence-corrected chi connectivity index (χ2v) is 9.83. The Kier molecular flexibility index (Phi) is 7.25. The van der Waals surface area contributed by atoms with Gasteiger partial charge < -0.3 is 5.32 Å². The number of anilines is 1. The van der Waals surface area contributed by atoms with E-state index in [0.29, 0.717) is 23.8 Å². The number of nitrogens with one attached hydrogen (secondary N) is 3. The summed E-state index contributed by atoms with van der Waals surface area (Å²) in [5, 5.41) is 2.64. The summed E-state index contributed by atoms with van der Waals surface area (Å²) >= 11 is 0. The lowest BCUT2D eigenvalue weighted by Crippen LogP contribution is -2.32. The fraction of sp³-hybridized carbons (Fsp3) is 0.409. The van der Waals surface area contributed by atoms with Crippen LogP contribution < -0.4 is 16.2 Å². The van der Waals surface area contributed by atoms with Gasteiger partial charge in [-0.3, -0.25) is 15.6 Å². The number of nitrogens with zero attached hydrogens (tertiary/aromatic N) is 1. The molecular formula is C22H30N4O3S. The number of amides is 1. The van der Waals surface area contributed by atoms with Crippen molar-refractivity contribution in [3.8, 4) is 0 Å². The van der Waals surface area contributed by atoms with Crippen LogP contribution in [-0.2, 0) is 14.8 Å². The predicted molar refractivity (Wildman–Crippen MR) is 118 cm³/mol. The van der Waals surface area contributed by atoms with Crippen molar-refractivity contribution in [3.05, 3.63) is 59.7 Å². The number of hydrogen-bond donors (Lipinski definition) is 3. The van der Waals surface area contributed by atoms with Gasteiger partial charge in [0.1, 0.15) is 0 Å². The highest BCUT2D eigenvalue weighted by atomic mass is 32.2. The number of aryl methyl sites for hydroxylation is 1. The van der Waals surface area contributed by atoms with E-state index in [1.807, 2.05) is 18.2 Å². The minimum Gasteiger partial charge on any atom is -0.326 e. The van der Waals surface area contributed by atoms with Crippen molar-refractivity contribution in [1.82, 2.24) is 15.2 Å².